The summed E-state index contributed by atoms with van der Waals surface area (Å²) in [6.07, 6.45) is 7.08. The third kappa shape index (κ3) is 4.85. The molecule has 0 radical (unpaired) electrons. The highest BCUT2D eigenvalue weighted by Gasteiger charge is 2.35. The molecule has 0 saturated heterocycles. The lowest BCUT2D eigenvalue weighted by atomic mass is 10.0. The lowest BCUT2D eigenvalue weighted by Gasteiger charge is -2.22. The first-order chi connectivity index (χ1) is 12.1. The van der Waals surface area contributed by atoms with Crippen LogP contribution in [0.15, 0.2) is 36.4 Å². The molecule has 0 heterocycles. The maximum atomic E-state index is 11.8. The molecule has 1 amide bonds. The number of nitrogens with one attached hydrogen (secondary N) is 3. The highest BCUT2D eigenvalue weighted by Crippen LogP contribution is 2.38. The molecule has 2 aliphatic rings. The zero-order valence-corrected chi connectivity index (χ0v) is 15.0. The lowest BCUT2D eigenvalue weighted by Crippen LogP contribution is -2.50. The van der Waals surface area contributed by atoms with Gasteiger partial charge in [0, 0.05) is 6.04 Å². The second-order valence-corrected chi connectivity index (χ2v) is 6.72. The van der Waals surface area contributed by atoms with Gasteiger partial charge in [0.15, 0.2) is 5.11 Å². The second kappa shape index (κ2) is 8.20. The molecule has 7 heteroatoms. The SMILES string of the molecule is COc1ccc(OCCC(=O)NNC(=S)N[C@@H]2C[C@H]3C=C[C@H]2C3)cc1. The number of carbonyl (C=O) groups is 1. The van der Waals surface area contributed by atoms with E-state index in [9.17, 15) is 4.79 Å². The van der Waals surface area contributed by atoms with E-state index in [1.165, 1.54) is 6.42 Å². The van der Waals surface area contributed by atoms with Gasteiger partial charge in [-0.05, 0) is 61.2 Å². The third-order valence-corrected chi connectivity index (χ3v) is 4.79. The highest BCUT2D eigenvalue weighted by atomic mass is 32.1. The van der Waals surface area contributed by atoms with Gasteiger partial charge in [0.1, 0.15) is 11.5 Å². The van der Waals surface area contributed by atoms with Crippen LogP contribution < -0.4 is 25.6 Å². The largest absolute Gasteiger partial charge is 0.497 e. The molecule has 0 unspecified atom stereocenters. The smallest absolute Gasteiger partial charge is 0.241 e. The van der Waals surface area contributed by atoms with E-state index in [-0.39, 0.29) is 18.9 Å². The predicted molar refractivity (Wildman–Crippen MR) is 99.3 cm³/mol. The summed E-state index contributed by atoms with van der Waals surface area (Å²) in [4.78, 5) is 11.8. The first-order valence-electron chi connectivity index (χ1n) is 8.44. The Kier molecular flexibility index (Phi) is 5.75. The van der Waals surface area contributed by atoms with Crippen molar-refractivity contribution in [2.45, 2.75) is 25.3 Å². The number of hydrogen-bond donors (Lipinski definition) is 3. The normalized spacial score (nSPS) is 23.2. The average molecular weight is 361 g/mol. The number of hydrazine groups is 1. The van der Waals surface area contributed by atoms with Gasteiger partial charge in [-0.3, -0.25) is 15.6 Å². The van der Waals surface area contributed by atoms with Crippen LogP contribution >= 0.6 is 12.2 Å². The van der Waals surface area contributed by atoms with Crippen LogP contribution in [0.2, 0.25) is 0 Å². The van der Waals surface area contributed by atoms with Crippen LogP contribution in [0.3, 0.4) is 0 Å². The van der Waals surface area contributed by atoms with E-state index in [2.05, 4.69) is 28.3 Å². The highest BCUT2D eigenvalue weighted by molar-refractivity contribution is 7.80. The zero-order valence-electron chi connectivity index (χ0n) is 14.2. The molecule has 3 rings (SSSR count). The fraction of sp³-hybridized carbons (Fsp3) is 0.444. The van der Waals surface area contributed by atoms with E-state index in [4.69, 9.17) is 21.7 Å². The van der Waals surface area contributed by atoms with Gasteiger partial charge in [-0.15, -0.1) is 0 Å². The maximum Gasteiger partial charge on any atom is 0.241 e. The standard InChI is InChI=1S/C18H23N3O3S/c1-23-14-4-6-15(7-5-14)24-9-8-17(22)20-21-18(25)19-16-11-12-2-3-13(16)10-12/h2-7,12-13,16H,8-11H2,1H3,(H,20,22)(H2,19,21,25)/t12-,13-,16+/m0/s1. The van der Waals surface area contributed by atoms with Gasteiger partial charge in [0.2, 0.25) is 5.91 Å². The van der Waals surface area contributed by atoms with E-state index in [0.717, 1.165) is 12.2 Å². The Morgan fingerprint density at radius 1 is 1.16 bits per heavy atom. The van der Waals surface area contributed by atoms with Crippen molar-refractivity contribution < 1.29 is 14.3 Å². The average Bonchev–Trinajstić information content (AvgIpc) is 3.23. The van der Waals surface area contributed by atoms with Gasteiger partial charge in [0.25, 0.3) is 0 Å². The van der Waals surface area contributed by atoms with Crippen molar-refractivity contribution in [3.05, 3.63) is 36.4 Å². The molecule has 1 aromatic rings. The zero-order chi connectivity index (χ0) is 17.6. The van der Waals surface area contributed by atoms with Crippen molar-refractivity contribution in [1.82, 2.24) is 16.2 Å². The minimum atomic E-state index is -0.175. The number of fused-ring (bicyclic) bond motifs is 2. The van der Waals surface area contributed by atoms with E-state index in [1.807, 2.05) is 12.1 Å². The van der Waals surface area contributed by atoms with Crippen molar-refractivity contribution in [2.24, 2.45) is 11.8 Å². The molecule has 2 aliphatic carbocycles. The van der Waals surface area contributed by atoms with Crippen molar-refractivity contribution in [2.75, 3.05) is 13.7 Å². The molecule has 0 spiro atoms. The van der Waals surface area contributed by atoms with Crippen LogP contribution in [0.25, 0.3) is 0 Å². The number of allylic oxidation sites excluding steroid dienone is 1. The minimum absolute atomic E-state index is 0.175. The number of amides is 1. The van der Waals surface area contributed by atoms with Gasteiger partial charge in [0.05, 0.1) is 20.1 Å². The summed E-state index contributed by atoms with van der Waals surface area (Å²) in [7, 11) is 1.61. The Morgan fingerprint density at radius 2 is 1.92 bits per heavy atom. The van der Waals surface area contributed by atoms with Crippen LogP contribution in [-0.4, -0.2) is 30.8 Å². The van der Waals surface area contributed by atoms with E-state index >= 15 is 0 Å². The van der Waals surface area contributed by atoms with Gasteiger partial charge >= 0.3 is 0 Å². The van der Waals surface area contributed by atoms with Crippen LogP contribution in [0, 0.1) is 11.8 Å². The molecule has 2 bridgehead atoms. The van der Waals surface area contributed by atoms with Crippen LogP contribution in [0.1, 0.15) is 19.3 Å². The molecule has 25 heavy (non-hydrogen) atoms. The molecule has 0 aromatic heterocycles. The fourth-order valence-corrected chi connectivity index (χ4v) is 3.48. The quantitative estimate of drug-likeness (QED) is 0.409. The Bertz CT molecular complexity index is 647. The van der Waals surface area contributed by atoms with Crippen molar-refractivity contribution in [3.63, 3.8) is 0 Å². The van der Waals surface area contributed by atoms with E-state index < -0.39 is 0 Å². The molecule has 6 nitrogen and oxygen atoms in total. The summed E-state index contributed by atoms with van der Waals surface area (Å²) in [5.41, 5.74) is 5.35. The number of rotatable bonds is 6. The van der Waals surface area contributed by atoms with Gasteiger partial charge in [-0.25, -0.2) is 0 Å². The summed E-state index contributed by atoms with van der Waals surface area (Å²) in [5.74, 6) is 2.52. The third-order valence-electron chi connectivity index (χ3n) is 4.57. The maximum absolute atomic E-state index is 11.8. The Hall–Kier alpha value is -2.28. The number of thiocarbonyl (C=S) groups is 1. The predicted octanol–water partition coefficient (Wildman–Crippen LogP) is 1.92. The Labute approximate surface area is 152 Å². The first kappa shape index (κ1) is 17.5. The second-order valence-electron chi connectivity index (χ2n) is 6.31. The van der Waals surface area contributed by atoms with Crippen molar-refractivity contribution >= 4 is 23.2 Å². The number of benzene rings is 1. The van der Waals surface area contributed by atoms with Crippen LogP contribution in [-0.2, 0) is 4.79 Å². The monoisotopic (exact) mass is 361 g/mol. The van der Waals surface area contributed by atoms with Crippen LogP contribution in [0.4, 0.5) is 0 Å². The summed E-state index contributed by atoms with van der Waals surface area (Å²) < 4.78 is 10.6. The molecule has 1 fully saturated rings. The lowest BCUT2D eigenvalue weighted by molar-refractivity contribution is -0.122. The molecule has 1 saturated carbocycles. The summed E-state index contributed by atoms with van der Waals surface area (Å²) in [6, 6.07) is 7.60. The van der Waals surface area contributed by atoms with Crippen molar-refractivity contribution in [1.29, 1.82) is 0 Å². The van der Waals surface area contributed by atoms with Gasteiger partial charge < -0.3 is 14.8 Å². The molecular formula is C18H23N3O3S. The Balaban J connectivity index is 1.29. The van der Waals surface area contributed by atoms with E-state index in [1.54, 1.807) is 19.2 Å². The molecule has 3 N–H and O–H groups in total. The summed E-state index contributed by atoms with van der Waals surface area (Å²) in [6.45, 7) is 0.289. The topological polar surface area (TPSA) is 71.6 Å². The number of methoxy groups -OCH3 is 1. The molecule has 3 atom stereocenters. The molecule has 134 valence electrons. The van der Waals surface area contributed by atoms with Crippen molar-refractivity contribution in [3.8, 4) is 11.5 Å². The van der Waals surface area contributed by atoms with Gasteiger partial charge in [-0.2, -0.15) is 0 Å². The van der Waals surface area contributed by atoms with Gasteiger partial charge in [-0.1, -0.05) is 12.2 Å². The number of ether oxygens (including phenoxy) is 2. The molecule has 1 aromatic carbocycles. The first-order valence-corrected chi connectivity index (χ1v) is 8.85. The van der Waals surface area contributed by atoms with E-state index in [0.29, 0.717) is 28.7 Å². The molecular weight excluding hydrogens is 338 g/mol. The summed E-state index contributed by atoms with van der Waals surface area (Å²) >= 11 is 5.23. The Morgan fingerprint density at radius 3 is 2.56 bits per heavy atom. The summed E-state index contributed by atoms with van der Waals surface area (Å²) in [5, 5.41) is 3.72. The van der Waals surface area contributed by atoms with Crippen LogP contribution in [0.5, 0.6) is 11.5 Å². The fourth-order valence-electron chi connectivity index (χ4n) is 3.27. The number of carbonyl (C=O) groups excluding carboxylic acids is 1. The number of hydrogen-bond acceptors (Lipinski definition) is 4. The molecule has 0 aliphatic heterocycles. The minimum Gasteiger partial charge on any atom is -0.497 e.